The Bertz CT molecular complexity index is 4820. The molecule has 0 aliphatic heterocycles. The second-order valence-electron chi connectivity index (χ2n) is 24.1. The van der Waals surface area contributed by atoms with Crippen molar-refractivity contribution < 1.29 is 38.1 Å². The Labute approximate surface area is 568 Å². The molecule has 0 spiro atoms. The Kier molecular flexibility index (Phi) is 20.8. The molecule has 0 saturated heterocycles. The average Bonchev–Trinajstić information content (AvgIpc) is 0.927. The topological polar surface area (TPSA) is 189 Å². The second-order valence-corrected chi connectivity index (χ2v) is 24.1. The number of benzene rings is 6. The van der Waals surface area contributed by atoms with Crippen LogP contribution in [0.25, 0.3) is 45.6 Å². The van der Waals surface area contributed by atoms with Crippen LogP contribution >= 0.6 is 0 Å². The number of aromatic nitrogens is 6. The fourth-order valence-electron chi connectivity index (χ4n) is 10.4. The van der Waals surface area contributed by atoms with Gasteiger partial charge in [0, 0.05) is 118 Å². The number of ether oxygens (including phenoxy) is 4. The van der Waals surface area contributed by atoms with E-state index >= 15 is 0 Å². The quantitative estimate of drug-likeness (QED) is 0.0582. The zero-order valence-corrected chi connectivity index (χ0v) is 54.4. The van der Waals surface area contributed by atoms with Gasteiger partial charge in [-0.3, -0.25) is 39.1 Å². The lowest BCUT2D eigenvalue weighted by Crippen LogP contribution is -2.14. The highest BCUT2D eigenvalue weighted by Gasteiger charge is 2.20. The van der Waals surface area contributed by atoms with E-state index in [2.05, 4.69) is 197 Å². The first kappa shape index (κ1) is 66.3. The first-order chi connectivity index (χ1) is 47.6. The molecule has 0 bridgehead atoms. The summed E-state index contributed by atoms with van der Waals surface area (Å²) in [5, 5.41) is 0. The van der Waals surface area contributed by atoms with E-state index in [1.165, 1.54) is 23.5 Å². The SMILES string of the molecule is CC(C)(C)c1ccc(N(c2ccc(C#Cc3ccnc(-c4cc(OC=O)cc(-c5cc(OC=O)ccn5)n4)c3)cc2)c2ccc(C(C)(C)C)cc2)cc1.O=COc1ccnc(-c2cc(OC=O)cc(-c3cc(C#Cc4ccc(N(c5ccccc5)c5ccccc5)cc4)ccn3)n2)c1. The highest BCUT2D eigenvalue weighted by molar-refractivity contribution is 5.79. The van der Waals surface area contributed by atoms with Crippen LogP contribution in [0.15, 0.2) is 255 Å². The fourth-order valence-corrected chi connectivity index (χ4v) is 10.4. The van der Waals surface area contributed by atoms with Crippen LogP contribution in [0.1, 0.15) is 74.9 Å². The molecule has 0 aliphatic carbocycles. The van der Waals surface area contributed by atoms with Crippen LogP contribution in [-0.2, 0) is 30.0 Å². The monoisotopic (exact) mass is 1290 g/mol. The van der Waals surface area contributed by atoms with Crippen molar-refractivity contribution in [1.29, 1.82) is 0 Å². The van der Waals surface area contributed by atoms with E-state index in [-0.39, 0.29) is 22.3 Å². The van der Waals surface area contributed by atoms with Gasteiger partial charge in [0.25, 0.3) is 25.9 Å². The van der Waals surface area contributed by atoms with Crippen molar-refractivity contribution >= 4 is 60.0 Å². The number of carbonyl (C=O) groups excluding carboxylic acids is 4. The van der Waals surface area contributed by atoms with Gasteiger partial charge in [-0.05, 0) is 155 Å². The Morgan fingerprint density at radius 1 is 0.286 bits per heavy atom. The molecule has 480 valence electrons. The highest BCUT2D eigenvalue weighted by atomic mass is 16.5. The number of rotatable bonds is 18. The average molecular weight is 1290 g/mol. The van der Waals surface area contributed by atoms with Gasteiger partial charge < -0.3 is 28.7 Å². The van der Waals surface area contributed by atoms with Crippen LogP contribution < -0.4 is 28.7 Å². The molecule has 12 aromatic rings. The molecular weight excluding hydrogens is 1220 g/mol. The number of nitrogens with zero attached hydrogens (tertiary/aromatic N) is 8. The minimum atomic E-state index is 0.0557. The number of hydrogen-bond acceptors (Lipinski definition) is 16. The molecular formula is C82H64N8O8. The molecule has 0 aliphatic rings. The summed E-state index contributed by atoms with van der Waals surface area (Å²) < 4.78 is 20.2. The molecule has 16 heteroatoms. The molecule has 6 heterocycles. The van der Waals surface area contributed by atoms with Crippen LogP contribution in [0, 0.1) is 23.7 Å². The lowest BCUT2D eigenvalue weighted by Gasteiger charge is -2.28. The van der Waals surface area contributed by atoms with Gasteiger partial charge in [-0.15, -0.1) is 0 Å². The Morgan fingerprint density at radius 2 is 0.551 bits per heavy atom. The van der Waals surface area contributed by atoms with Crippen LogP contribution in [0.4, 0.5) is 34.1 Å². The molecule has 0 unspecified atom stereocenters. The van der Waals surface area contributed by atoms with E-state index in [9.17, 15) is 19.2 Å². The van der Waals surface area contributed by atoms with Crippen molar-refractivity contribution in [2.45, 2.75) is 52.4 Å². The maximum absolute atomic E-state index is 11.2. The first-order valence-corrected chi connectivity index (χ1v) is 31.1. The number of carbonyl (C=O) groups is 4. The summed E-state index contributed by atoms with van der Waals surface area (Å²) in [6.07, 6.45) is 6.29. The number of anilines is 6. The van der Waals surface area contributed by atoms with Gasteiger partial charge in [0.15, 0.2) is 0 Å². The molecule has 0 atom stereocenters. The Morgan fingerprint density at radius 3 is 0.867 bits per heavy atom. The molecule has 6 aromatic heterocycles. The first-order valence-electron chi connectivity index (χ1n) is 31.1. The molecule has 0 radical (unpaired) electrons. The summed E-state index contributed by atoms with van der Waals surface area (Å²) in [5.74, 6) is 14.1. The third-order valence-electron chi connectivity index (χ3n) is 15.3. The highest BCUT2D eigenvalue weighted by Crippen LogP contribution is 2.39. The van der Waals surface area contributed by atoms with E-state index in [0.29, 0.717) is 82.9 Å². The van der Waals surface area contributed by atoms with E-state index in [0.717, 1.165) is 56.4 Å². The minimum Gasteiger partial charge on any atom is -0.429 e. The molecule has 0 fully saturated rings. The minimum absolute atomic E-state index is 0.0557. The van der Waals surface area contributed by atoms with Gasteiger partial charge in [-0.2, -0.15) is 0 Å². The van der Waals surface area contributed by atoms with Crippen molar-refractivity contribution in [3.05, 3.63) is 289 Å². The summed E-state index contributed by atoms with van der Waals surface area (Å²) in [6.45, 7) is 14.7. The normalized spacial score (nSPS) is 10.8. The third kappa shape index (κ3) is 17.0. The van der Waals surface area contributed by atoms with Crippen molar-refractivity contribution in [2.75, 3.05) is 9.80 Å². The van der Waals surface area contributed by atoms with Crippen molar-refractivity contribution in [1.82, 2.24) is 29.9 Å². The summed E-state index contributed by atoms with van der Waals surface area (Å²) in [6, 6.07) is 74.1. The van der Waals surface area contributed by atoms with Crippen LogP contribution in [-0.4, -0.2) is 55.8 Å². The van der Waals surface area contributed by atoms with Gasteiger partial charge in [0.2, 0.25) is 0 Å². The van der Waals surface area contributed by atoms with E-state index in [1.54, 1.807) is 60.9 Å². The van der Waals surface area contributed by atoms with Gasteiger partial charge in [-0.1, -0.05) is 126 Å². The Balaban J connectivity index is 0.000000201. The number of hydrogen-bond donors (Lipinski definition) is 0. The number of pyridine rings is 6. The molecule has 98 heavy (non-hydrogen) atoms. The van der Waals surface area contributed by atoms with Crippen LogP contribution in [0.5, 0.6) is 23.0 Å². The van der Waals surface area contributed by atoms with Crippen LogP contribution in [0.3, 0.4) is 0 Å². The van der Waals surface area contributed by atoms with Gasteiger partial charge in [0.05, 0.1) is 45.6 Å². The lowest BCUT2D eigenvalue weighted by molar-refractivity contribution is -0.121. The molecule has 0 amide bonds. The maximum Gasteiger partial charge on any atom is 0.298 e. The second kappa shape index (κ2) is 30.7. The third-order valence-corrected chi connectivity index (χ3v) is 15.3. The molecule has 0 N–H and O–H groups in total. The van der Waals surface area contributed by atoms with Crippen LogP contribution in [0.2, 0.25) is 0 Å². The van der Waals surface area contributed by atoms with Gasteiger partial charge in [0.1, 0.15) is 23.0 Å². The smallest absolute Gasteiger partial charge is 0.298 e. The Hall–Kier alpha value is -13.2. The van der Waals surface area contributed by atoms with E-state index in [1.807, 2.05) is 84.9 Å². The zero-order valence-electron chi connectivity index (χ0n) is 54.4. The molecule has 16 nitrogen and oxygen atoms in total. The van der Waals surface area contributed by atoms with Crippen molar-refractivity contribution in [3.63, 3.8) is 0 Å². The van der Waals surface area contributed by atoms with Gasteiger partial charge in [-0.25, -0.2) is 9.97 Å². The van der Waals surface area contributed by atoms with Crippen molar-refractivity contribution in [2.24, 2.45) is 0 Å². The fraction of sp³-hybridized carbons (Fsp3) is 0.0976. The summed E-state index contributed by atoms with van der Waals surface area (Å²) >= 11 is 0. The van der Waals surface area contributed by atoms with E-state index in [4.69, 9.17) is 23.9 Å². The predicted molar refractivity (Wildman–Crippen MR) is 380 cm³/mol. The largest absolute Gasteiger partial charge is 0.429 e. The number of para-hydroxylation sites is 2. The predicted octanol–water partition coefficient (Wildman–Crippen LogP) is 16.9. The van der Waals surface area contributed by atoms with Gasteiger partial charge >= 0.3 is 0 Å². The summed E-state index contributed by atoms with van der Waals surface area (Å²) in [7, 11) is 0. The van der Waals surface area contributed by atoms with Crippen molar-refractivity contribution in [3.8, 4) is 92.2 Å². The van der Waals surface area contributed by atoms with E-state index < -0.39 is 0 Å². The maximum atomic E-state index is 11.2. The standard InChI is InChI=1S/C45H40N4O4.C37H24N4O4/c1-44(2,3)33-11-17-36(18-12-33)49(37-19-13-34(14-20-37)45(4,5)6)35-15-9-31(10-16-35)7-8-32-21-23-46-40(25-32)42-27-39(53-30-51)28-43(48-42)41-26-38(52-29-50)22-24-47-41;42-25-44-32-18-20-39-35(22-32)37-24-33(45-26-43)23-36(40-37)34-21-28(17-19-38-34)12-11-27-13-15-31(16-14-27)41(29-7-3-1-4-8-29)30-9-5-2-6-10-30/h9-30H,1-6H3;1-10,13-26H. The molecule has 6 aromatic carbocycles. The molecule has 12 rings (SSSR count). The molecule has 0 saturated carbocycles. The summed E-state index contributed by atoms with van der Waals surface area (Å²) in [5.41, 5.74) is 15.7. The zero-order chi connectivity index (χ0) is 68.4. The summed E-state index contributed by atoms with van der Waals surface area (Å²) in [4.78, 5) is 75.4. The lowest BCUT2D eigenvalue weighted by atomic mass is 9.86.